The van der Waals surface area contributed by atoms with Crippen LogP contribution in [0.1, 0.15) is 16.1 Å². The number of hydrogen-bond acceptors (Lipinski definition) is 5. The molecule has 0 saturated carbocycles. The molecule has 4 aromatic rings. The normalized spacial score (nSPS) is 10.4. The van der Waals surface area contributed by atoms with Crippen LogP contribution in [0.25, 0.3) is 5.82 Å². The van der Waals surface area contributed by atoms with Gasteiger partial charge in [-0.1, -0.05) is 0 Å². The Labute approximate surface area is 171 Å². The van der Waals surface area contributed by atoms with Gasteiger partial charge in [0.1, 0.15) is 0 Å². The Morgan fingerprint density at radius 2 is 1.77 bits per heavy atom. The number of carbonyl (C=O) groups excluding carboxylic acids is 2. The topological polar surface area (TPSA) is 114 Å². The molecule has 150 valence electrons. The van der Waals surface area contributed by atoms with Crippen LogP contribution in [0.5, 0.6) is 0 Å². The largest absolute Gasteiger partial charge is 0.459 e. The van der Waals surface area contributed by atoms with E-state index in [1.165, 1.54) is 6.26 Å². The molecule has 3 heterocycles. The van der Waals surface area contributed by atoms with E-state index < -0.39 is 0 Å². The highest BCUT2D eigenvalue weighted by atomic mass is 16.3. The third-order valence-electron chi connectivity index (χ3n) is 4.15. The van der Waals surface area contributed by atoms with Crippen molar-refractivity contribution in [1.29, 1.82) is 0 Å². The Bertz CT molecular complexity index is 1120. The van der Waals surface area contributed by atoms with Crippen molar-refractivity contribution in [2.75, 3.05) is 10.6 Å². The van der Waals surface area contributed by atoms with Gasteiger partial charge in [0.15, 0.2) is 11.6 Å². The maximum atomic E-state index is 12.2. The first-order valence-electron chi connectivity index (χ1n) is 9.12. The molecule has 3 aromatic heterocycles. The monoisotopic (exact) mass is 402 g/mol. The van der Waals surface area contributed by atoms with Crippen LogP contribution in [0.4, 0.5) is 16.2 Å². The van der Waals surface area contributed by atoms with Gasteiger partial charge >= 0.3 is 6.03 Å². The quantitative estimate of drug-likeness (QED) is 0.457. The standard InChI is InChI=1S/C21H18N6O3/c28-20(18-3-1-12-30-18)25-16-4-6-17(7-5-16)26-21(29)23-14-15-8-10-22-19(13-15)27-11-2-9-24-27/h1-13H,14H2,(H,25,28)(H2,23,26,29). The van der Waals surface area contributed by atoms with Gasteiger partial charge in [-0.05, 0) is 60.2 Å². The van der Waals surface area contributed by atoms with Crippen molar-refractivity contribution in [3.05, 3.63) is 90.8 Å². The van der Waals surface area contributed by atoms with Crippen LogP contribution in [0.2, 0.25) is 0 Å². The molecule has 30 heavy (non-hydrogen) atoms. The molecule has 0 radical (unpaired) electrons. The number of benzene rings is 1. The third-order valence-corrected chi connectivity index (χ3v) is 4.15. The molecule has 0 bridgehead atoms. The van der Waals surface area contributed by atoms with Crippen LogP contribution in [-0.2, 0) is 6.54 Å². The molecular weight excluding hydrogens is 384 g/mol. The number of nitrogens with zero attached hydrogens (tertiary/aromatic N) is 3. The third kappa shape index (κ3) is 4.71. The Morgan fingerprint density at radius 3 is 2.47 bits per heavy atom. The van der Waals surface area contributed by atoms with Crippen LogP contribution < -0.4 is 16.0 Å². The molecule has 3 amide bonds. The predicted molar refractivity (Wildman–Crippen MR) is 110 cm³/mol. The maximum absolute atomic E-state index is 12.2. The summed E-state index contributed by atoms with van der Waals surface area (Å²) >= 11 is 0. The fraction of sp³-hybridized carbons (Fsp3) is 0.0476. The van der Waals surface area contributed by atoms with Crippen molar-refractivity contribution in [3.63, 3.8) is 0 Å². The average molecular weight is 402 g/mol. The average Bonchev–Trinajstić information content (AvgIpc) is 3.48. The van der Waals surface area contributed by atoms with E-state index in [4.69, 9.17) is 4.42 Å². The van der Waals surface area contributed by atoms with Gasteiger partial charge in [-0.2, -0.15) is 5.10 Å². The zero-order valence-electron chi connectivity index (χ0n) is 15.8. The van der Waals surface area contributed by atoms with Crippen LogP contribution in [0, 0.1) is 0 Å². The van der Waals surface area contributed by atoms with Gasteiger partial charge in [-0.25, -0.2) is 14.5 Å². The van der Waals surface area contributed by atoms with Crippen molar-refractivity contribution >= 4 is 23.3 Å². The van der Waals surface area contributed by atoms with Crippen molar-refractivity contribution in [3.8, 4) is 5.82 Å². The van der Waals surface area contributed by atoms with E-state index >= 15 is 0 Å². The summed E-state index contributed by atoms with van der Waals surface area (Å²) in [6.07, 6.45) is 6.58. The summed E-state index contributed by atoms with van der Waals surface area (Å²) in [6, 6.07) is 15.1. The number of pyridine rings is 1. The number of carbonyl (C=O) groups is 2. The second-order valence-electron chi connectivity index (χ2n) is 6.29. The number of rotatable bonds is 6. The van der Waals surface area contributed by atoms with Gasteiger partial charge in [-0.15, -0.1) is 0 Å². The van der Waals surface area contributed by atoms with Crippen molar-refractivity contribution in [1.82, 2.24) is 20.1 Å². The maximum Gasteiger partial charge on any atom is 0.319 e. The lowest BCUT2D eigenvalue weighted by Crippen LogP contribution is -2.28. The fourth-order valence-electron chi connectivity index (χ4n) is 2.70. The molecule has 0 aliphatic heterocycles. The Hall–Kier alpha value is -4.40. The number of urea groups is 1. The highest BCUT2D eigenvalue weighted by Gasteiger charge is 2.09. The highest BCUT2D eigenvalue weighted by molar-refractivity contribution is 6.02. The van der Waals surface area contributed by atoms with E-state index in [-0.39, 0.29) is 17.7 Å². The number of amides is 3. The molecule has 9 nitrogen and oxygen atoms in total. The minimum absolute atomic E-state index is 0.225. The Kier molecular flexibility index (Phi) is 5.52. The Balaban J connectivity index is 1.29. The first-order valence-corrected chi connectivity index (χ1v) is 9.12. The summed E-state index contributed by atoms with van der Waals surface area (Å²) in [5.74, 6) is 0.556. The summed E-state index contributed by atoms with van der Waals surface area (Å²) in [7, 11) is 0. The summed E-state index contributed by atoms with van der Waals surface area (Å²) in [4.78, 5) is 28.4. The van der Waals surface area contributed by atoms with E-state index in [0.29, 0.717) is 23.7 Å². The van der Waals surface area contributed by atoms with Crippen molar-refractivity contribution in [2.24, 2.45) is 0 Å². The molecule has 0 atom stereocenters. The lowest BCUT2D eigenvalue weighted by Gasteiger charge is -2.09. The molecule has 9 heteroatoms. The number of nitrogens with one attached hydrogen (secondary N) is 3. The van der Waals surface area contributed by atoms with Gasteiger partial charge < -0.3 is 20.4 Å². The van der Waals surface area contributed by atoms with Gasteiger partial charge in [0.2, 0.25) is 0 Å². The van der Waals surface area contributed by atoms with Gasteiger partial charge in [0, 0.05) is 36.5 Å². The van der Waals surface area contributed by atoms with E-state index in [0.717, 1.165) is 5.56 Å². The predicted octanol–water partition coefficient (Wildman–Crippen LogP) is 3.43. The minimum atomic E-state index is -0.347. The molecular formula is C21H18N6O3. The molecule has 0 aliphatic carbocycles. The highest BCUT2D eigenvalue weighted by Crippen LogP contribution is 2.15. The summed E-state index contributed by atoms with van der Waals surface area (Å²) in [5.41, 5.74) is 2.07. The molecule has 0 spiro atoms. The number of aromatic nitrogens is 3. The first-order chi connectivity index (χ1) is 14.7. The van der Waals surface area contributed by atoms with Crippen LogP contribution in [0.3, 0.4) is 0 Å². The number of anilines is 2. The molecule has 1 aromatic carbocycles. The van der Waals surface area contributed by atoms with E-state index in [9.17, 15) is 9.59 Å². The second-order valence-corrected chi connectivity index (χ2v) is 6.29. The zero-order valence-corrected chi connectivity index (χ0v) is 15.8. The summed E-state index contributed by atoms with van der Waals surface area (Å²) in [5, 5.41) is 12.4. The zero-order chi connectivity index (χ0) is 20.8. The van der Waals surface area contributed by atoms with Gasteiger partial charge in [0.05, 0.1) is 6.26 Å². The minimum Gasteiger partial charge on any atom is -0.459 e. The fourth-order valence-corrected chi connectivity index (χ4v) is 2.70. The molecule has 0 aliphatic rings. The first kappa shape index (κ1) is 18.9. The van der Waals surface area contributed by atoms with Gasteiger partial charge in [0.25, 0.3) is 5.91 Å². The lowest BCUT2D eigenvalue weighted by atomic mass is 10.2. The van der Waals surface area contributed by atoms with E-state index in [1.807, 2.05) is 18.2 Å². The van der Waals surface area contributed by atoms with E-state index in [1.54, 1.807) is 59.7 Å². The Morgan fingerprint density at radius 1 is 0.967 bits per heavy atom. The van der Waals surface area contributed by atoms with Crippen molar-refractivity contribution < 1.29 is 14.0 Å². The molecule has 3 N–H and O–H groups in total. The number of furan rings is 1. The van der Waals surface area contributed by atoms with E-state index in [2.05, 4.69) is 26.0 Å². The molecule has 0 fully saturated rings. The molecule has 4 rings (SSSR count). The molecule has 0 unspecified atom stereocenters. The van der Waals surface area contributed by atoms with Crippen molar-refractivity contribution in [2.45, 2.75) is 6.54 Å². The lowest BCUT2D eigenvalue weighted by molar-refractivity contribution is 0.0996. The summed E-state index contributed by atoms with van der Waals surface area (Å²) in [6.45, 7) is 0.333. The summed E-state index contributed by atoms with van der Waals surface area (Å²) < 4.78 is 6.70. The number of hydrogen-bond donors (Lipinski definition) is 3. The van der Waals surface area contributed by atoms with Crippen LogP contribution in [-0.4, -0.2) is 26.7 Å². The van der Waals surface area contributed by atoms with Crippen LogP contribution in [0.15, 0.2) is 83.9 Å². The van der Waals surface area contributed by atoms with Crippen LogP contribution >= 0.6 is 0 Å². The molecule has 0 saturated heterocycles. The smallest absolute Gasteiger partial charge is 0.319 e. The van der Waals surface area contributed by atoms with Gasteiger partial charge in [-0.3, -0.25) is 4.79 Å². The second kappa shape index (κ2) is 8.74. The SMILES string of the molecule is O=C(NCc1ccnc(-n2cccn2)c1)Nc1ccc(NC(=O)c2ccco2)cc1.